The number of aromatic carboxylic acids is 1. The molecule has 0 bridgehead atoms. The second kappa shape index (κ2) is 4.47. The first kappa shape index (κ1) is 11.1. The van der Waals surface area contributed by atoms with Gasteiger partial charge in [-0.2, -0.15) is 0 Å². The van der Waals surface area contributed by atoms with Crippen molar-refractivity contribution in [1.29, 1.82) is 0 Å². The van der Waals surface area contributed by atoms with Gasteiger partial charge in [-0.1, -0.05) is 12.0 Å². The highest BCUT2D eigenvalue weighted by atomic mass is 19.1. The standard InChI is InChI=1S/C11H9FO3/c1-3-7(2)15-10-8(11(13)14)5-4-6-9(10)12/h1,4-7H,2H3,(H,13,14). The summed E-state index contributed by atoms with van der Waals surface area (Å²) in [4.78, 5) is 10.7. The Morgan fingerprint density at radius 3 is 2.87 bits per heavy atom. The Morgan fingerprint density at radius 2 is 2.33 bits per heavy atom. The van der Waals surface area contributed by atoms with Gasteiger partial charge in [-0.15, -0.1) is 6.42 Å². The minimum atomic E-state index is -1.26. The molecule has 1 atom stereocenters. The molecule has 1 aromatic carbocycles. The van der Waals surface area contributed by atoms with Crippen LogP contribution in [0.15, 0.2) is 18.2 Å². The zero-order valence-corrected chi connectivity index (χ0v) is 8.03. The van der Waals surface area contributed by atoms with Crippen LogP contribution >= 0.6 is 0 Å². The molecule has 4 heteroatoms. The molecule has 0 amide bonds. The van der Waals surface area contributed by atoms with Crippen LogP contribution in [0.2, 0.25) is 0 Å². The maximum absolute atomic E-state index is 13.3. The predicted molar refractivity (Wildman–Crippen MR) is 52.3 cm³/mol. The van der Waals surface area contributed by atoms with Crippen molar-refractivity contribution in [2.75, 3.05) is 0 Å². The number of halogens is 1. The van der Waals surface area contributed by atoms with Crippen LogP contribution in [0.5, 0.6) is 5.75 Å². The van der Waals surface area contributed by atoms with E-state index in [1.54, 1.807) is 0 Å². The lowest BCUT2D eigenvalue weighted by Crippen LogP contribution is -2.13. The number of carboxylic acids is 1. The fourth-order valence-corrected chi connectivity index (χ4v) is 1.01. The molecule has 1 unspecified atom stereocenters. The normalized spacial score (nSPS) is 11.5. The fourth-order valence-electron chi connectivity index (χ4n) is 1.01. The molecule has 0 heterocycles. The molecule has 0 aliphatic carbocycles. The summed E-state index contributed by atoms with van der Waals surface area (Å²) in [6.45, 7) is 1.53. The van der Waals surface area contributed by atoms with Crippen LogP contribution in [0, 0.1) is 18.2 Å². The SMILES string of the molecule is C#CC(C)Oc1c(F)cccc1C(=O)O. The lowest BCUT2D eigenvalue weighted by Gasteiger charge is -2.11. The molecule has 0 saturated carbocycles. The summed E-state index contributed by atoms with van der Waals surface area (Å²) >= 11 is 0. The highest BCUT2D eigenvalue weighted by molar-refractivity contribution is 5.90. The first-order valence-electron chi connectivity index (χ1n) is 4.21. The van der Waals surface area contributed by atoms with Gasteiger partial charge in [0.15, 0.2) is 17.7 Å². The molecule has 0 radical (unpaired) electrons. The fraction of sp³-hybridized carbons (Fsp3) is 0.182. The first-order chi connectivity index (χ1) is 7.06. The van der Waals surface area contributed by atoms with Crippen LogP contribution in [0.4, 0.5) is 4.39 Å². The van der Waals surface area contributed by atoms with Gasteiger partial charge in [-0.3, -0.25) is 0 Å². The van der Waals surface area contributed by atoms with E-state index < -0.39 is 17.9 Å². The molecule has 1 N–H and O–H groups in total. The molecular weight excluding hydrogens is 199 g/mol. The van der Waals surface area contributed by atoms with E-state index in [1.807, 2.05) is 0 Å². The van der Waals surface area contributed by atoms with Gasteiger partial charge >= 0.3 is 5.97 Å². The van der Waals surface area contributed by atoms with Crippen molar-refractivity contribution in [3.8, 4) is 18.1 Å². The third kappa shape index (κ3) is 2.47. The summed E-state index contributed by atoms with van der Waals surface area (Å²) in [6, 6.07) is 3.67. The number of carbonyl (C=O) groups is 1. The summed E-state index contributed by atoms with van der Waals surface area (Å²) in [5.41, 5.74) is -0.239. The summed E-state index contributed by atoms with van der Waals surface area (Å²) < 4.78 is 18.2. The minimum Gasteiger partial charge on any atom is -0.478 e. The number of rotatable bonds is 3. The highest BCUT2D eigenvalue weighted by Crippen LogP contribution is 2.23. The second-order valence-corrected chi connectivity index (χ2v) is 2.85. The van der Waals surface area contributed by atoms with Crippen molar-refractivity contribution in [1.82, 2.24) is 0 Å². The molecule has 0 saturated heterocycles. The molecule has 0 aromatic heterocycles. The van der Waals surface area contributed by atoms with Crippen LogP contribution in [0.3, 0.4) is 0 Å². The van der Waals surface area contributed by atoms with Crippen molar-refractivity contribution >= 4 is 5.97 Å². The maximum Gasteiger partial charge on any atom is 0.339 e. The van der Waals surface area contributed by atoms with Crippen LogP contribution in [0.1, 0.15) is 17.3 Å². The number of carboxylic acid groups (broad SMARTS) is 1. The average molecular weight is 208 g/mol. The van der Waals surface area contributed by atoms with Crippen LogP contribution in [-0.4, -0.2) is 17.2 Å². The molecule has 0 aliphatic rings. The van der Waals surface area contributed by atoms with Crippen molar-refractivity contribution < 1.29 is 19.0 Å². The Kier molecular flexibility index (Phi) is 3.29. The largest absolute Gasteiger partial charge is 0.478 e. The smallest absolute Gasteiger partial charge is 0.339 e. The predicted octanol–water partition coefficient (Wildman–Crippen LogP) is 1.92. The topological polar surface area (TPSA) is 46.5 Å². The van der Waals surface area contributed by atoms with E-state index in [0.717, 1.165) is 6.07 Å². The summed E-state index contributed by atoms with van der Waals surface area (Å²) in [5, 5.41) is 8.78. The Balaban J connectivity index is 3.14. The number of ether oxygens (including phenoxy) is 1. The van der Waals surface area contributed by atoms with E-state index in [2.05, 4.69) is 5.92 Å². The van der Waals surface area contributed by atoms with Gasteiger partial charge in [0.25, 0.3) is 0 Å². The lowest BCUT2D eigenvalue weighted by atomic mass is 10.2. The molecule has 1 rings (SSSR count). The monoisotopic (exact) mass is 208 g/mol. The van der Waals surface area contributed by atoms with Gasteiger partial charge in [-0.25, -0.2) is 9.18 Å². The van der Waals surface area contributed by atoms with Crippen molar-refractivity contribution in [3.63, 3.8) is 0 Å². The lowest BCUT2D eigenvalue weighted by molar-refractivity contribution is 0.0690. The van der Waals surface area contributed by atoms with E-state index in [9.17, 15) is 9.18 Å². The van der Waals surface area contributed by atoms with Gasteiger partial charge in [0.05, 0.1) is 0 Å². The van der Waals surface area contributed by atoms with Gasteiger partial charge < -0.3 is 9.84 Å². The van der Waals surface area contributed by atoms with Crippen LogP contribution in [-0.2, 0) is 0 Å². The number of benzene rings is 1. The molecule has 0 fully saturated rings. The number of hydrogen-bond donors (Lipinski definition) is 1. The zero-order chi connectivity index (χ0) is 11.4. The Morgan fingerprint density at radius 1 is 1.67 bits per heavy atom. The molecule has 0 spiro atoms. The van der Waals surface area contributed by atoms with Crippen molar-refractivity contribution in [2.24, 2.45) is 0 Å². The minimum absolute atomic E-state index is 0.239. The Labute approximate surface area is 86.5 Å². The highest BCUT2D eigenvalue weighted by Gasteiger charge is 2.16. The van der Waals surface area contributed by atoms with Crippen molar-refractivity contribution in [2.45, 2.75) is 13.0 Å². The van der Waals surface area contributed by atoms with Crippen molar-refractivity contribution in [3.05, 3.63) is 29.6 Å². The van der Waals surface area contributed by atoms with Crippen LogP contribution in [0.25, 0.3) is 0 Å². The third-order valence-corrected chi connectivity index (χ3v) is 1.73. The Hall–Kier alpha value is -2.02. The van der Waals surface area contributed by atoms with Crippen LogP contribution < -0.4 is 4.74 Å². The number of para-hydroxylation sites is 1. The molecule has 15 heavy (non-hydrogen) atoms. The molecule has 3 nitrogen and oxygen atoms in total. The summed E-state index contributed by atoms with van der Waals surface area (Å²) in [5.74, 6) is -0.0934. The molecule has 0 aliphatic heterocycles. The maximum atomic E-state index is 13.3. The quantitative estimate of drug-likeness (QED) is 0.772. The first-order valence-corrected chi connectivity index (χ1v) is 4.21. The molecular formula is C11H9FO3. The van der Waals surface area contributed by atoms with Gasteiger partial charge in [-0.05, 0) is 19.1 Å². The van der Waals surface area contributed by atoms with E-state index >= 15 is 0 Å². The zero-order valence-electron chi connectivity index (χ0n) is 8.03. The summed E-state index contributed by atoms with van der Waals surface area (Å²) in [7, 11) is 0. The second-order valence-electron chi connectivity index (χ2n) is 2.85. The van der Waals surface area contributed by atoms with E-state index in [-0.39, 0.29) is 11.3 Å². The third-order valence-electron chi connectivity index (χ3n) is 1.73. The van der Waals surface area contributed by atoms with E-state index in [4.69, 9.17) is 16.3 Å². The molecule has 1 aromatic rings. The van der Waals surface area contributed by atoms with E-state index in [1.165, 1.54) is 19.1 Å². The van der Waals surface area contributed by atoms with Gasteiger partial charge in [0, 0.05) is 0 Å². The van der Waals surface area contributed by atoms with E-state index in [0.29, 0.717) is 0 Å². The van der Waals surface area contributed by atoms with Gasteiger partial charge in [0.1, 0.15) is 5.56 Å². The molecule has 78 valence electrons. The van der Waals surface area contributed by atoms with Gasteiger partial charge in [0.2, 0.25) is 0 Å². The number of hydrogen-bond acceptors (Lipinski definition) is 2. The number of terminal acetylenes is 1. The Bertz CT molecular complexity index is 420. The average Bonchev–Trinajstić information content (AvgIpc) is 2.20. The summed E-state index contributed by atoms with van der Waals surface area (Å²) in [6.07, 6.45) is 4.37.